The Bertz CT molecular complexity index is 552. The van der Waals surface area contributed by atoms with Crippen molar-refractivity contribution in [3.8, 4) is 0 Å². The predicted octanol–water partition coefficient (Wildman–Crippen LogP) is 2.60. The number of esters is 1. The van der Waals surface area contributed by atoms with Gasteiger partial charge in [-0.2, -0.15) is 11.8 Å². The highest BCUT2D eigenvalue weighted by molar-refractivity contribution is 7.98. The van der Waals surface area contributed by atoms with Gasteiger partial charge >= 0.3 is 5.97 Å². The molecule has 0 atom stereocenters. The lowest BCUT2D eigenvalue weighted by atomic mass is 10.3. The number of nitrogens with zero attached hydrogens (tertiary/aromatic N) is 2. The highest BCUT2D eigenvalue weighted by atomic mass is 32.2. The number of methoxy groups -OCH3 is 1. The largest absolute Gasteiger partial charge is 0.468 e. The Hall–Kier alpha value is -1.41. The summed E-state index contributed by atoms with van der Waals surface area (Å²) in [5, 5.41) is 8.26. The Morgan fingerprint density at radius 1 is 1.42 bits per heavy atom. The van der Waals surface area contributed by atoms with Gasteiger partial charge < -0.3 is 13.6 Å². The van der Waals surface area contributed by atoms with Crippen molar-refractivity contribution in [2.45, 2.75) is 16.7 Å². The zero-order chi connectivity index (χ0) is 13.7. The molecule has 8 heteroatoms. The zero-order valence-corrected chi connectivity index (χ0v) is 12.0. The maximum Gasteiger partial charge on any atom is 0.341 e. The molecule has 0 radical (unpaired) electrons. The van der Waals surface area contributed by atoms with Gasteiger partial charge in [0.2, 0.25) is 5.89 Å². The highest BCUT2D eigenvalue weighted by Crippen LogP contribution is 2.25. The number of aromatic nitrogens is 2. The number of furan rings is 1. The predicted molar refractivity (Wildman–Crippen MR) is 71.1 cm³/mol. The quantitative estimate of drug-likeness (QED) is 0.595. The van der Waals surface area contributed by atoms with Crippen molar-refractivity contribution in [2.24, 2.45) is 0 Å². The first-order valence-electron chi connectivity index (χ1n) is 5.33. The Morgan fingerprint density at radius 2 is 2.26 bits per heavy atom. The van der Waals surface area contributed by atoms with Crippen LogP contribution in [0, 0.1) is 0 Å². The highest BCUT2D eigenvalue weighted by Gasteiger charge is 2.16. The fraction of sp³-hybridized carbons (Fsp3) is 0.364. The monoisotopic (exact) mass is 300 g/mol. The van der Waals surface area contributed by atoms with Gasteiger partial charge in [-0.1, -0.05) is 11.8 Å². The lowest BCUT2D eigenvalue weighted by Gasteiger charge is -1.98. The van der Waals surface area contributed by atoms with E-state index in [0.29, 0.717) is 33.9 Å². The lowest BCUT2D eigenvalue weighted by Crippen LogP contribution is -2.02. The van der Waals surface area contributed by atoms with E-state index in [1.54, 1.807) is 17.8 Å². The minimum Gasteiger partial charge on any atom is -0.468 e. The Balaban J connectivity index is 1.98. The fourth-order valence-corrected chi connectivity index (χ4v) is 2.45. The molecule has 0 spiro atoms. The first-order chi connectivity index (χ1) is 9.24. The summed E-state index contributed by atoms with van der Waals surface area (Å²) in [6.45, 7) is 0. The minimum absolute atomic E-state index is 0.416. The number of thioether (sulfide) groups is 2. The third-order valence-corrected chi connectivity index (χ3v) is 3.55. The molecular formula is C11H12N2O4S2. The van der Waals surface area contributed by atoms with E-state index >= 15 is 0 Å². The molecule has 0 saturated carbocycles. The van der Waals surface area contributed by atoms with E-state index in [1.165, 1.54) is 25.1 Å². The second kappa shape index (κ2) is 6.67. The number of carbonyl (C=O) groups is 1. The number of ether oxygens (including phenoxy) is 1. The van der Waals surface area contributed by atoms with Crippen LogP contribution in [-0.4, -0.2) is 29.5 Å². The van der Waals surface area contributed by atoms with E-state index in [0.717, 1.165) is 0 Å². The maximum absolute atomic E-state index is 11.5. The van der Waals surface area contributed by atoms with Crippen LogP contribution in [0.5, 0.6) is 0 Å². The third-order valence-electron chi connectivity index (χ3n) is 2.19. The molecule has 19 heavy (non-hydrogen) atoms. The summed E-state index contributed by atoms with van der Waals surface area (Å²) in [6, 6.07) is 1.58. The van der Waals surface area contributed by atoms with Gasteiger partial charge in [0.1, 0.15) is 11.3 Å². The van der Waals surface area contributed by atoms with Crippen molar-refractivity contribution in [1.29, 1.82) is 0 Å². The Kier molecular flexibility index (Phi) is 4.92. The summed E-state index contributed by atoms with van der Waals surface area (Å²) in [5.74, 6) is 1.81. The van der Waals surface area contributed by atoms with Gasteiger partial charge in [-0.3, -0.25) is 0 Å². The summed E-state index contributed by atoms with van der Waals surface area (Å²) in [4.78, 5) is 11.5. The zero-order valence-electron chi connectivity index (χ0n) is 10.4. The van der Waals surface area contributed by atoms with Crippen molar-refractivity contribution in [3.63, 3.8) is 0 Å². The van der Waals surface area contributed by atoms with Crippen LogP contribution in [0.4, 0.5) is 0 Å². The van der Waals surface area contributed by atoms with E-state index in [2.05, 4.69) is 14.9 Å². The summed E-state index contributed by atoms with van der Waals surface area (Å²) in [5.41, 5.74) is 0.416. The standard InChI is InChI=1S/C11H12N2O4S2/c1-15-10(14)7-3-4-16-8(7)5-19-11-13-12-9(17-11)6-18-2/h3-4H,5-6H2,1-2H3. The van der Waals surface area contributed by atoms with Gasteiger partial charge in [-0.05, 0) is 12.3 Å². The average molecular weight is 300 g/mol. The molecule has 0 saturated heterocycles. The van der Waals surface area contributed by atoms with Crippen molar-refractivity contribution >= 4 is 29.5 Å². The molecular weight excluding hydrogens is 288 g/mol. The average Bonchev–Trinajstić information content (AvgIpc) is 3.04. The summed E-state index contributed by atoms with van der Waals surface area (Å²) >= 11 is 2.92. The van der Waals surface area contributed by atoms with Crippen LogP contribution in [0.25, 0.3) is 0 Å². The molecule has 0 bridgehead atoms. The second-order valence-corrected chi connectivity index (χ2v) is 5.23. The molecule has 2 heterocycles. The molecule has 0 aromatic carbocycles. The number of hydrogen-bond acceptors (Lipinski definition) is 8. The van der Waals surface area contributed by atoms with Crippen LogP contribution in [0.1, 0.15) is 22.0 Å². The molecule has 0 aliphatic heterocycles. The van der Waals surface area contributed by atoms with Gasteiger partial charge in [0, 0.05) is 0 Å². The van der Waals surface area contributed by atoms with Crippen LogP contribution in [-0.2, 0) is 16.2 Å². The molecule has 0 amide bonds. The van der Waals surface area contributed by atoms with Crippen LogP contribution >= 0.6 is 23.5 Å². The molecule has 0 unspecified atom stereocenters. The fourth-order valence-electron chi connectivity index (χ4n) is 1.35. The molecule has 2 rings (SSSR count). The number of rotatable bonds is 6. The van der Waals surface area contributed by atoms with E-state index in [4.69, 9.17) is 8.83 Å². The van der Waals surface area contributed by atoms with Crippen molar-refractivity contribution in [1.82, 2.24) is 10.2 Å². The van der Waals surface area contributed by atoms with Crippen LogP contribution < -0.4 is 0 Å². The van der Waals surface area contributed by atoms with E-state index in [-0.39, 0.29) is 0 Å². The maximum atomic E-state index is 11.5. The smallest absolute Gasteiger partial charge is 0.341 e. The minimum atomic E-state index is -0.419. The van der Waals surface area contributed by atoms with E-state index in [9.17, 15) is 4.79 Å². The molecule has 0 N–H and O–H groups in total. The topological polar surface area (TPSA) is 78.4 Å². The van der Waals surface area contributed by atoms with E-state index < -0.39 is 5.97 Å². The van der Waals surface area contributed by atoms with Crippen molar-refractivity contribution in [2.75, 3.05) is 13.4 Å². The second-order valence-electron chi connectivity index (χ2n) is 3.43. The van der Waals surface area contributed by atoms with Gasteiger partial charge in [-0.25, -0.2) is 4.79 Å². The Labute approximate surface area is 118 Å². The first kappa shape index (κ1) is 14.0. The van der Waals surface area contributed by atoms with Gasteiger partial charge in [0.15, 0.2) is 0 Å². The molecule has 0 aliphatic rings. The Morgan fingerprint density at radius 3 is 3.00 bits per heavy atom. The molecule has 0 fully saturated rings. The van der Waals surface area contributed by atoms with Crippen LogP contribution in [0.3, 0.4) is 0 Å². The van der Waals surface area contributed by atoms with Gasteiger partial charge in [-0.15, -0.1) is 10.2 Å². The van der Waals surface area contributed by atoms with Gasteiger partial charge in [0.05, 0.1) is 24.9 Å². The normalized spacial score (nSPS) is 10.6. The van der Waals surface area contributed by atoms with Crippen LogP contribution in [0.2, 0.25) is 0 Å². The molecule has 0 aliphatic carbocycles. The summed E-state index contributed by atoms with van der Waals surface area (Å²) in [7, 11) is 1.33. The first-order valence-corrected chi connectivity index (χ1v) is 7.71. The molecule has 6 nitrogen and oxygen atoms in total. The van der Waals surface area contributed by atoms with Crippen LogP contribution in [0.15, 0.2) is 26.4 Å². The summed E-state index contributed by atoms with van der Waals surface area (Å²) < 4.78 is 15.3. The summed E-state index contributed by atoms with van der Waals surface area (Å²) in [6.07, 6.45) is 3.41. The molecule has 2 aromatic rings. The van der Waals surface area contributed by atoms with E-state index in [1.807, 2.05) is 6.26 Å². The van der Waals surface area contributed by atoms with Crippen molar-refractivity contribution < 1.29 is 18.4 Å². The number of hydrogen-bond donors (Lipinski definition) is 0. The van der Waals surface area contributed by atoms with Gasteiger partial charge in [0.25, 0.3) is 5.22 Å². The SMILES string of the molecule is COC(=O)c1ccoc1CSc1nnc(CSC)o1. The number of carbonyl (C=O) groups excluding carboxylic acids is 1. The lowest BCUT2D eigenvalue weighted by molar-refractivity contribution is 0.0598. The molecule has 102 valence electrons. The molecule has 2 aromatic heterocycles. The third kappa shape index (κ3) is 3.54. The van der Waals surface area contributed by atoms with Crippen molar-refractivity contribution in [3.05, 3.63) is 29.5 Å².